The van der Waals surface area contributed by atoms with Crippen molar-refractivity contribution < 1.29 is 9.21 Å². The lowest BCUT2D eigenvalue weighted by molar-refractivity contribution is -0.131. The maximum Gasteiger partial charge on any atom is 0.419 e. The number of oxazole rings is 1. The van der Waals surface area contributed by atoms with Crippen LogP contribution in [0, 0.1) is 5.92 Å². The van der Waals surface area contributed by atoms with Crippen LogP contribution in [0.25, 0.3) is 11.1 Å². The van der Waals surface area contributed by atoms with Crippen LogP contribution in [0.1, 0.15) is 32.6 Å². The Morgan fingerprint density at radius 3 is 2.86 bits per heavy atom. The molecule has 3 rings (SSSR count). The van der Waals surface area contributed by atoms with Crippen LogP contribution in [0.2, 0.25) is 0 Å². The van der Waals surface area contributed by atoms with E-state index in [1.54, 1.807) is 10.6 Å². The second-order valence-electron chi connectivity index (χ2n) is 6.02. The molecule has 118 valence electrons. The van der Waals surface area contributed by atoms with Gasteiger partial charge in [-0.25, -0.2) is 4.79 Å². The molecule has 0 aliphatic heterocycles. The second-order valence-corrected chi connectivity index (χ2v) is 6.02. The number of carbonyl (C=O) groups excluding carboxylic acids is 1. The van der Waals surface area contributed by atoms with Crippen LogP contribution < -0.4 is 5.76 Å². The fourth-order valence-corrected chi connectivity index (χ4v) is 2.79. The van der Waals surface area contributed by atoms with Gasteiger partial charge in [-0.1, -0.05) is 19.1 Å². The fraction of sp³-hybridized carbons (Fsp3) is 0.529. The average molecular weight is 302 g/mol. The zero-order chi connectivity index (χ0) is 15.5. The van der Waals surface area contributed by atoms with Crippen molar-refractivity contribution >= 4 is 17.0 Å². The molecule has 2 aromatic rings. The summed E-state index contributed by atoms with van der Waals surface area (Å²) in [5, 5.41) is 0. The number of aromatic nitrogens is 1. The van der Waals surface area contributed by atoms with Gasteiger partial charge in [-0.15, -0.1) is 0 Å². The summed E-state index contributed by atoms with van der Waals surface area (Å²) >= 11 is 0. The number of carbonyl (C=O) groups is 1. The van der Waals surface area contributed by atoms with Gasteiger partial charge >= 0.3 is 5.76 Å². The van der Waals surface area contributed by atoms with Gasteiger partial charge in [0.2, 0.25) is 5.91 Å². The van der Waals surface area contributed by atoms with E-state index in [4.69, 9.17) is 4.42 Å². The summed E-state index contributed by atoms with van der Waals surface area (Å²) in [5.74, 6) is 0.428. The first-order valence-corrected chi connectivity index (χ1v) is 8.05. The molecule has 5 heteroatoms. The highest BCUT2D eigenvalue weighted by Crippen LogP contribution is 2.30. The monoisotopic (exact) mass is 302 g/mol. The van der Waals surface area contributed by atoms with Gasteiger partial charge in [0.25, 0.3) is 0 Å². The molecule has 0 radical (unpaired) electrons. The number of rotatable bonds is 7. The summed E-state index contributed by atoms with van der Waals surface area (Å²) in [6, 6.07) is 7.32. The molecule has 1 aliphatic rings. The zero-order valence-corrected chi connectivity index (χ0v) is 13.0. The van der Waals surface area contributed by atoms with Gasteiger partial charge in [-0.05, 0) is 37.3 Å². The molecule has 1 aromatic heterocycles. The number of hydrogen-bond acceptors (Lipinski definition) is 3. The van der Waals surface area contributed by atoms with Gasteiger partial charge in [-0.3, -0.25) is 9.36 Å². The van der Waals surface area contributed by atoms with Crippen LogP contribution in [-0.4, -0.2) is 28.5 Å². The molecule has 1 aliphatic carbocycles. The van der Waals surface area contributed by atoms with E-state index in [0.717, 1.165) is 25.0 Å². The maximum absolute atomic E-state index is 12.4. The number of para-hydroxylation sites is 2. The van der Waals surface area contributed by atoms with E-state index in [1.807, 2.05) is 23.1 Å². The molecule has 1 fully saturated rings. The molecule has 5 nitrogen and oxygen atoms in total. The molecule has 0 saturated heterocycles. The minimum atomic E-state index is -0.391. The van der Waals surface area contributed by atoms with E-state index in [9.17, 15) is 9.59 Å². The molecule has 0 spiro atoms. The van der Waals surface area contributed by atoms with Crippen molar-refractivity contribution in [2.75, 3.05) is 13.1 Å². The molecule has 1 saturated carbocycles. The molecule has 1 amide bonds. The fourth-order valence-electron chi connectivity index (χ4n) is 2.79. The van der Waals surface area contributed by atoms with Crippen LogP contribution in [-0.2, 0) is 11.3 Å². The summed E-state index contributed by atoms with van der Waals surface area (Å²) in [6.45, 7) is 4.13. The lowest BCUT2D eigenvalue weighted by Crippen LogP contribution is -2.34. The van der Waals surface area contributed by atoms with Crippen molar-refractivity contribution in [3.63, 3.8) is 0 Å². The molecule has 0 atom stereocenters. The topological polar surface area (TPSA) is 55.5 Å². The van der Waals surface area contributed by atoms with Crippen molar-refractivity contribution in [3.05, 3.63) is 34.8 Å². The van der Waals surface area contributed by atoms with Gasteiger partial charge in [-0.2, -0.15) is 0 Å². The minimum Gasteiger partial charge on any atom is -0.408 e. The summed E-state index contributed by atoms with van der Waals surface area (Å²) < 4.78 is 6.75. The van der Waals surface area contributed by atoms with Crippen LogP contribution in [0.5, 0.6) is 0 Å². The number of aryl methyl sites for hydroxylation is 1. The Labute approximate surface area is 129 Å². The minimum absolute atomic E-state index is 0.130. The summed E-state index contributed by atoms with van der Waals surface area (Å²) in [6.07, 6.45) is 3.78. The van der Waals surface area contributed by atoms with Gasteiger partial charge in [0.15, 0.2) is 5.58 Å². The third-order valence-electron chi connectivity index (χ3n) is 4.14. The van der Waals surface area contributed by atoms with Crippen LogP contribution in [0.15, 0.2) is 33.5 Å². The van der Waals surface area contributed by atoms with E-state index in [-0.39, 0.29) is 5.91 Å². The summed E-state index contributed by atoms with van der Waals surface area (Å²) in [5.41, 5.74) is 1.33. The number of fused-ring (bicyclic) bond motifs is 1. The zero-order valence-electron chi connectivity index (χ0n) is 13.0. The lowest BCUT2D eigenvalue weighted by atomic mass is 10.2. The normalized spacial score (nSPS) is 14.4. The number of hydrogen-bond donors (Lipinski definition) is 0. The third-order valence-corrected chi connectivity index (χ3v) is 4.14. The summed E-state index contributed by atoms with van der Waals surface area (Å²) in [7, 11) is 0. The Balaban J connectivity index is 1.68. The predicted octanol–water partition coefficient (Wildman–Crippen LogP) is 2.63. The maximum atomic E-state index is 12.4. The first-order chi connectivity index (χ1) is 10.7. The molecule has 22 heavy (non-hydrogen) atoms. The highest BCUT2D eigenvalue weighted by atomic mass is 16.4. The Morgan fingerprint density at radius 2 is 2.14 bits per heavy atom. The quantitative estimate of drug-likeness (QED) is 0.790. The van der Waals surface area contributed by atoms with Crippen molar-refractivity contribution in [1.29, 1.82) is 0 Å². The Kier molecular flexibility index (Phi) is 4.32. The van der Waals surface area contributed by atoms with E-state index < -0.39 is 5.76 Å². The highest BCUT2D eigenvalue weighted by molar-refractivity contribution is 5.77. The van der Waals surface area contributed by atoms with E-state index >= 15 is 0 Å². The lowest BCUT2D eigenvalue weighted by Gasteiger charge is -2.22. The third kappa shape index (κ3) is 3.24. The number of amides is 1. The Bertz CT molecular complexity index is 712. The SMILES string of the molecule is CCCN(CC1CC1)C(=O)CCn1c(=O)oc2ccccc21. The van der Waals surface area contributed by atoms with Crippen LogP contribution in [0.3, 0.4) is 0 Å². The number of benzene rings is 1. The number of nitrogens with zero attached hydrogens (tertiary/aromatic N) is 2. The second kappa shape index (κ2) is 6.38. The van der Waals surface area contributed by atoms with E-state index in [2.05, 4.69) is 6.92 Å². The van der Waals surface area contributed by atoms with Gasteiger partial charge in [0.05, 0.1) is 5.52 Å². The average Bonchev–Trinajstić information content (AvgIpc) is 3.26. The first-order valence-electron chi connectivity index (χ1n) is 8.05. The van der Waals surface area contributed by atoms with Crippen molar-refractivity contribution in [2.24, 2.45) is 5.92 Å². The summed E-state index contributed by atoms with van der Waals surface area (Å²) in [4.78, 5) is 26.3. The van der Waals surface area contributed by atoms with Gasteiger partial charge in [0.1, 0.15) is 0 Å². The van der Waals surface area contributed by atoms with Crippen molar-refractivity contribution in [1.82, 2.24) is 9.47 Å². The van der Waals surface area contributed by atoms with Gasteiger partial charge < -0.3 is 9.32 Å². The predicted molar refractivity (Wildman–Crippen MR) is 84.7 cm³/mol. The van der Waals surface area contributed by atoms with Gasteiger partial charge in [0, 0.05) is 26.1 Å². The Morgan fingerprint density at radius 1 is 1.36 bits per heavy atom. The van der Waals surface area contributed by atoms with Crippen LogP contribution >= 0.6 is 0 Å². The first kappa shape index (κ1) is 14.9. The van der Waals surface area contributed by atoms with E-state index in [0.29, 0.717) is 24.5 Å². The van der Waals surface area contributed by atoms with Crippen molar-refractivity contribution in [2.45, 2.75) is 39.2 Å². The van der Waals surface area contributed by atoms with Crippen molar-refractivity contribution in [3.8, 4) is 0 Å². The Hall–Kier alpha value is -2.04. The van der Waals surface area contributed by atoms with Crippen LogP contribution in [0.4, 0.5) is 0 Å². The van der Waals surface area contributed by atoms with E-state index in [1.165, 1.54) is 12.8 Å². The standard InChI is InChI=1S/C17H22N2O3/c1-2-10-18(12-13-7-8-13)16(20)9-11-19-14-5-3-4-6-15(14)22-17(19)21/h3-6,13H,2,7-12H2,1H3. The molecular weight excluding hydrogens is 280 g/mol. The molecule has 1 heterocycles. The highest BCUT2D eigenvalue weighted by Gasteiger charge is 2.26. The molecular formula is C17H22N2O3. The molecule has 0 N–H and O–H groups in total. The smallest absolute Gasteiger partial charge is 0.408 e. The largest absolute Gasteiger partial charge is 0.419 e. The molecule has 0 bridgehead atoms. The molecule has 0 unspecified atom stereocenters. The molecule has 1 aromatic carbocycles.